The van der Waals surface area contributed by atoms with Gasteiger partial charge in [-0.05, 0) is 37.1 Å². The van der Waals surface area contributed by atoms with Gasteiger partial charge in [0, 0.05) is 5.02 Å². The summed E-state index contributed by atoms with van der Waals surface area (Å²) in [5.41, 5.74) is 1.72. The summed E-state index contributed by atoms with van der Waals surface area (Å²) in [5, 5.41) is 0.683. The van der Waals surface area contributed by atoms with Crippen LogP contribution in [0.2, 0.25) is 5.02 Å². The monoisotopic (exact) mass is 343 g/mol. The van der Waals surface area contributed by atoms with Gasteiger partial charge in [0.15, 0.2) is 0 Å². The van der Waals surface area contributed by atoms with Crippen molar-refractivity contribution >= 4 is 17.5 Å². The molecule has 1 atom stereocenters. The molecule has 1 amide bonds. The van der Waals surface area contributed by atoms with Crippen molar-refractivity contribution < 1.29 is 9.53 Å². The molecule has 2 aromatic rings. The molecule has 0 radical (unpaired) electrons. The van der Waals surface area contributed by atoms with E-state index in [4.69, 9.17) is 16.3 Å². The maximum Gasteiger partial charge on any atom is 0.227 e. The van der Waals surface area contributed by atoms with Crippen LogP contribution in [-0.4, -0.2) is 29.5 Å². The molecule has 1 fully saturated rings. The molecule has 3 rings (SSSR count). The van der Waals surface area contributed by atoms with E-state index in [0.717, 1.165) is 11.1 Å². The molecule has 4 heteroatoms. The number of halogens is 1. The second-order valence-corrected chi connectivity index (χ2v) is 7.27. The van der Waals surface area contributed by atoms with E-state index in [2.05, 4.69) is 0 Å². The van der Waals surface area contributed by atoms with Crippen molar-refractivity contribution in [1.29, 1.82) is 0 Å². The third kappa shape index (κ3) is 3.80. The highest BCUT2D eigenvalue weighted by Gasteiger charge is 2.38. The van der Waals surface area contributed by atoms with Crippen molar-refractivity contribution in [2.24, 2.45) is 0 Å². The average molecular weight is 344 g/mol. The Morgan fingerprint density at radius 2 is 1.96 bits per heavy atom. The highest BCUT2D eigenvalue weighted by molar-refractivity contribution is 6.30. The lowest BCUT2D eigenvalue weighted by molar-refractivity contribution is -0.154. The number of nitrogens with zero attached hydrogens (tertiary/aromatic N) is 1. The number of benzene rings is 2. The number of hydrogen-bond acceptors (Lipinski definition) is 2. The quantitative estimate of drug-likeness (QED) is 0.833. The van der Waals surface area contributed by atoms with Gasteiger partial charge in [0.25, 0.3) is 0 Å². The summed E-state index contributed by atoms with van der Waals surface area (Å²) in [6.07, 6.45) is 0.267. The Morgan fingerprint density at radius 1 is 1.21 bits per heavy atom. The highest BCUT2D eigenvalue weighted by Crippen LogP contribution is 2.31. The molecule has 1 unspecified atom stereocenters. The summed E-state index contributed by atoms with van der Waals surface area (Å²) in [7, 11) is 0. The predicted molar refractivity (Wildman–Crippen MR) is 96.1 cm³/mol. The molecule has 0 bridgehead atoms. The fraction of sp³-hybridized carbons (Fsp3) is 0.350. The van der Waals surface area contributed by atoms with Gasteiger partial charge >= 0.3 is 0 Å². The predicted octanol–water partition coefficient (Wildman–Crippen LogP) is 4.26. The normalized spacial score (nSPS) is 20.0. The third-order valence-electron chi connectivity index (χ3n) is 4.44. The molecule has 0 N–H and O–H groups in total. The van der Waals surface area contributed by atoms with E-state index in [-0.39, 0.29) is 17.6 Å². The number of carbonyl (C=O) groups excluding carboxylic acids is 1. The number of amides is 1. The summed E-state index contributed by atoms with van der Waals surface area (Å²) in [6, 6.07) is 17.5. The van der Waals surface area contributed by atoms with Crippen LogP contribution in [0, 0.1) is 0 Å². The van der Waals surface area contributed by atoms with Crippen molar-refractivity contribution in [1.82, 2.24) is 4.90 Å². The molecule has 0 saturated carbocycles. The van der Waals surface area contributed by atoms with E-state index in [1.54, 1.807) is 0 Å². The van der Waals surface area contributed by atoms with Crippen molar-refractivity contribution in [2.75, 3.05) is 13.2 Å². The van der Waals surface area contributed by atoms with Crippen LogP contribution < -0.4 is 0 Å². The first-order chi connectivity index (χ1) is 11.5. The molecule has 1 saturated heterocycles. The Labute approximate surface area is 148 Å². The van der Waals surface area contributed by atoms with E-state index in [9.17, 15) is 4.79 Å². The molecule has 1 heterocycles. The molecule has 126 valence electrons. The largest absolute Gasteiger partial charge is 0.369 e. The minimum absolute atomic E-state index is 0.126. The van der Waals surface area contributed by atoms with Crippen LogP contribution in [0.15, 0.2) is 54.6 Å². The zero-order chi connectivity index (χ0) is 17.2. The Bertz CT molecular complexity index is 715. The fourth-order valence-corrected chi connectivity index (χ4v) is 3.26. The first-order valence-electron chi connectivity index (χ1n) is 8.17. The molecular weight excluding hydrogens is 322 g/mol. The maximum absolute atomic E-state index is 12.9. The van der Waals surface area contributed by atoms with E-state index in [1.165, 1.54) is 0 Å². The SMILES string of the molecule is CC1(C)COC(c2cccc(Cl)c2)CN1C(=O)Cc1ccccc1. The summed E-state index contributed by atoms with van der Waals surface area (Å²) < 4.78 is 6.01. The van der Waals surface area contributed by atoms with Gasteiger partial charge in [0.05, 0.1) is 25.1 Å². The number of ether oxygens (including phenoxy) is 1. The van der Waals surface area contributed by atoms with Gasteiger partial charge < -0.3 is 9.64 Å². The summed E-state index contributed by atoms with van der Waals surface area (Å²) in [5.74, 6) is 0.126. The standard InChI is InChI=1S/C20H22ClNO2/c1-20(2)14-24-18(16-9-6-10-17(21)12-16)13-22(20)19(23)11-15-7-4-3-5-8-15/h3-10,12,18H,11,13-14H2,1-2H3. The number of morpholine rings is 1. The Hall–Kier alpha value is -1.84. The number of rotatable bonds is 3. The minimum Gasteiger partial charge on any atom is -0.369 e. The Kier molecular flexibility index (Phi) is 4.93. The minimum atomic E-state index is -0.319. The lowest BCUT2D eigenvalue weighted by Crippen LogP contribution is -2.56. The summed E-state index contributed by atoms with van der Waals surface area (Å²) in [4.78, 5) is 14.8. The zero-order valence-electron chi connectivity index (χ0n) is 14.0. The van der Waals surface area contributed by atoms with Gasteiger partial charge in [0.2, 0.25) is 5.91 Å². The third-order valence-corrected chi connectivity index (χ3v) is 4.67. The van der Waals surface area contributed by atoms with Crippen molar-refractivity contribution in [3.8, 4) is 0 Å². The highest BCUT2D eigenvalue weighted by atomic mass is 35.5. The molecule has 0 spiro atoms. The average Bonchev–Trinajstić information content (AvgIpc) is 2.55. The van der Waals surface area contributed by atoms with Crippen LogP contribution in [0.25, 0.3) is 0 Å². The van der Waals surface area contributed by atoms with Crippen LogP contribution in [-0.2, 0) is 16.0 Å². The van der Waals surface area contributed by atoms with Gasteiger partial charge in [-0.1, -0.05) is 54.1 Å². The van der Waals surface area contributed by atoms with Crippen molar-refractivity contribution in [2.45, 2.75) is 31.9 Å². The van der Waals surface area contributed by atoms with Crippen molar-refractivity contribution in [3.05, 3.63) is 70.7 Å². The molecule has 0 aliphatic carbocycles. The molecule has 0 aromatic heterocycles. The fourth-order valence-electron chi connectivity index (χ4n) is 3.06. The molecular formula is C20H22ClNO2. The van der Waals surface area contributed by atoms with Crippen LogP contribution in [0.5, 0.6) is 0 Å². The summed E-state index contributed by atoms with van der Waals surface area (Å²) >= 11 is 6.09. The van der Waals surface area contributed by atoms with Gasteiger partial charge in [0.1, 0.15) is 6.10 Å². The van der Waals surface area contributed by atoms with E-state index in [1.807, 2.05) is 73.3 Å². The molecule has 24 heavy (non-hydrogen) atoms. The molecule has 2 aromatic carbocycles. The van der Waals surface area contributed by atoms with Crippen molar-refractivity contribution in [3.63, 3.8) is 0 Å². The number of hydrogen-bond donors (Lipinski definition) is 0. The first-order valence-corrected chi connectivity index (χ1v) is 8.55. The zero-order valence-corrected chi connectivity index (χ0v) is 14.8. The Morgan fingerprint density at radius 3 is 2.67 bits per heavy atom. The molecule has 1 aliphatic rings. The Balaban J connectivity index is 1.77. The first kappa shape index (κ1) is 17.0. The van der Waals surface area contributed by atoms with E-state index < -0.39 is 0 Å². The number of carbonyl (C=O) groups is 1. The summed E-state index contributed by atoms with van der Waals surface area (Å²) in [6.45, 7) is 5.14. The smallest absolute Gasteiger partial charge is 0.227 e. The second kappa shape index (κ2) is 6.96. The second-order valence-electron chi connectivity index (χ2n) is 6.83. The van der Waals surface area contributed by atoms with Crippen LogP contribution >= 0.6 is 11.6 Å². The molecule has 3 nitrogen and oxygen atoms in total. The van der Waals surface area contributed by atoms with Crippen LogP contribution in [0.3, 0.4) is 0 Å². The lowest BCUT2D eigenvalue weighted by Gasteiger charge is -2.45. The lowest BCUT2D eigenvalue weighted by atomic mass is 9.97. The van der Waals surface area contributed by atoms with E-state index in [0.29, 0.717) is 24.6 Å². The van der Waals surface area contributed by atoms with Crippen LogP contribution in [0.4, 0.5) is 0 Å². The van der Waals surface area contributed by atoms with Gasteiger partial charge in [-0.25, -0.2) is 0 Å². The van der Waals surface area contributed by atoms with Gasteiger partial charge in [-0.2, -0.15) is 0 Å². The van der Waals surface area contributed by atoms with Crippen LogP contribution in [0.1, 0.15) is 31.1 Å². The topological polar surface area (TPSA) is 29.5 Å². The van der Waals surface area contributed by atoms with Gasteiger partial charge in [-0.3, -0.25) is 4.79 Å². The van der Waals surface area contributed by atoms with Gasteiger partial charge in [-0.15, -0.1) is 0 Å². The maximum atomic E-state index is 12.9. The van der Waals surface area contributed by atoms with E-state index >= 15 is 0 Å². The molecule has 1 aliphatic heterocycles.